The maximum absolute atomic E-state index is 12.8. The second-order valence-corrected chi connectivity index (χ2v) is 8.19. The Labute approximate surface area is 161 Å². The monoisotopic (exact) mass is 379 g/mol. The van der Waals surface area contributed by atoms with E-state index in [9.17, 15) is 9.00 Å². The molecule has 1 unspecified atom stereocenters. The molecule has 0 bridgehead atoms. The lowest BCUT2D eigenvalue weighted by atomic mass is 10.00. The Morgan fingerprint density at radius 3 is 2.59 bits per heavy atom. The minimum absolute atomic E-state index is 0.113. The van der Waals surface area contributed by atoms with Gasteiger partial charge in [-0.1, -0.05) is 42.5 Å². The Kier molecular flexibility index (Phi) is 4.94. The van der Waals surface area contributed by atoms with Crippen LogP contribution in [-0.4, -0.2) is 21.6 Å². The molecule has 0 saturated heterocycles. The SMILES string of the molecule is Cc1ccccc1S(=O)Cc1ccc(C(=O)N2CCc3ccccc3C2)o1. The minimum atomic E-state index is -1.20. The molecule has 0 spiro atoms. The molecule has 1 aliphatic heterocycles. The van der Waals surface area contributed by atoms with E-state index in [1.54, 1.807) is 12.1 Å². The lowest BCUT2D eigenvalue weighted by molar-refractivity contribution is 0.0701. The molecular weight excluding hydrogens is 358 g/mol. The first-order valence-electron chi connectivity index (χ1n) is 9.00. The van der Waals surface area contributed by atoms with E-state index in [-0.39, 0.29) is 11.7 Å². The number of aryl methyl sites for hydroxylation is 1. The van der Waals surface area contributed by atoms with Crippen LogP contribution in [0.15, 0.2) is 70.0 Å². The maximum Gasteiger partial charge on any atom is 0.289 e. The quantitative estimate of drug-likeness (QED) is 0.686. The Balaban J connectivity index is 1.46. The van der Waals surface area contributed by atoms with Gasteiger partial charge in [0.05, 0.1) is 16.6 Å². The zero-order chi connectivity index (χ0) is 18.8. The molecule has 1 aromatic heterocycles. The Bertz CT molecular complexity index is 1010. The summed E-state index contributed by atoms with van der Waals surface area (Å²) in [6.07, 6.45) is 0.854. The second-order valence-electron chi connectivity index (χ2n) is 6.77. The number of carbonyl (C=O) groups excluding carboxylic acids is 1. The highest BCUT2D eigenvalue weighted by atomic mass is 32.2. The van der Waals surface area contributed by atoms with Crippen molar-refractivity contribution in [3.05, 3.63) is 88.9 Å². The highest BCUT2D eigenvalue weighted by Crippen LogP contribution is 2.22. The number of benzene rings is 2. The molecule has 1 aliphatic rings. The highest BCUT2D eigenvalue weighted by molar-refractivity contribution is 7.84. The predicted octanol–water partition coefficient (Wildman–Crippen LogP) is 4.09. The standard InChI is InChI=1S/C22H21NO3S/c1-16-6-2-5-9-21(16)27(25)15-19-10-11-20(26-19)22(24)23-13-12-17-7-3-4-8-18(17)14-23/h2-11H,12-15H2,1H3. The zero-order valence-corrected chi connectivity index (χ0v) is 16.0. The van der Waals surface area contributed by atoms with Crippen molar-refractivity contribution < 1.29 is 13.4 Å². The first-order chi connectivity index (χ1) is 13.1. The average molecular weight is 379 g/mol. The van der Waals surface area contributed by atoms with Crippen molar-refractivity contribution >= 4 is 16.7 Å². The minimum Gasteiger partial charge on any atom is -0.455 e. The van der Waals surface area contributed by atoms with Gasteiger partial charge in [0, 0.05) is 18.0 Å². The maximum atomic E-state index is 12.8. The zero-order valence-electron chi connectivity index (χ0n) is 15.2. The van der Waals surface area contributed by atoms with Crippen molar-refractivity contribution in [2.45, 2.75) is 30.5 Å². The van der Waals surface area contributed by atoms with Gasteiger partial charge in [-0.25, -0.2) is 0 Å². The van der Waals surface area contributed by atoms with Crippen molar-refractivity contribution in [1.29, 1.82) is 0 Å². The van der Waals surface area contributed by atoms with E-state index in [1.807, 2.05) is 48.2 Å². The highest BCUT2D eigenvalue weighted by Gasteiger charge is 2.24. The molecule has 27 heavy (non-hydrogen) atoms. The molecule has 3 aromatic rings. The third kappa shape index (κ3) is 3.74. The molecule has 1 atom stereocenters. The first-order valence-corrected chi connectivity index (χ1v) is 10.3. The van der Waals surface area contributed by atoms with Crippen LogP contribution in [0.25, 0.3) is 0 Å². The molecule has 138 valence electrons. The summed E-state index contributed by atoms with van der Waals surface area (Å²) in [5.41, 5.74) is 3.48. The van der Waals surface area contributed by atoms with Gasteiger partial charge in [-0.2, -0.15) is 0 Å². The molecule has 0 aliphatic carbocycles. The van der Waals surface area contributed by atoms with Crippen LogP contribution in [0, 0.1) is 6.92 Å². The number of rotatable bonds is 4. The van der Waals surface area contributed by atoms with Gasteiger partial charge in [0.1, 0.15) is 5.76 Å². The van der Waals surface area contributed by atoms with Crippen molar-refractivity contribution in [2.24, 2.45) is 0 Å². The van der Waals surface area contributed by atoms with Crippen molar-refractivity contribution in [1.82, 2.24) is 4.90 Å². The fraction of sp³-hybridized carbons (Fsp3) is 0.227. The van der Waals surface area contributed by atoms with Crippen molar-refractivity contribution in [2.75, 3.05) is 6.54 Å². The molecule has 0 N–H and O–H groups in total. The van der Waals surface area contributed by atoms with Crippen LogP contribution in [0.3, 0.4) is 0 Å². The fourth-order valence-electron chi connectivity index (χ4n) is 3.41. The van der Waals surface area contributed by atoms with Gasteiger partial charge in [-0.3, -0.25) is 9.00 Å². The first kappa shape index (κ1) is 17.7. The third-order valence-corrected chi connectivity index (χ3v) is 6.40. The normalized spacial score (nSPS) is 14.6. The van der Waals surface area contributed by atoms with E-state index in [2.05, 4.69) is 12.1 Å². The number of amides is 1. The van der Waals surface area contributed by atoms with Gasteiger partial charge in [0.15, 0.2) is 5.76 Å². The molecule has 0 saturated carbocycles. The Morgan fingerprint density at radius 1 is 1.04 bits per heavy atom. The van der Waals surface area contributed by atoms with E-state index >= 15 is 0 Å². The van der Waals surface area contributed by atoms with Gasteiger partial charge in [0.2, 0.25) is 0 Å². The van der Waals surface area contributed by atoms with Crippen LogP contribution >= 0.6 is 0 Å². The molecule has 4 rings (SSSR count). The van der Waals surface area contributed by atoms with Crippen molar-refractivity contribution in [3.8, 4) is 0 Å². The number of hydrogen-bond donors (Lipinski definition) is 0. The van der Waals surface area contributed by atoms with Gasteiger partial charge < -0.3 is 9.32 Å². The van der Waals surface area contributed by atoms with Gasteiger partial charge >= 0.3 is 0 Å². The summed E-state index contributed by atoms with van der Waals surface area (Å²) in [4.78, 5) is 15.4. The van der Waals surface area contributed by atoms with Crippen LogP contribution in [0.1, 0.15) is 33.0 Å². The lowest BCUT2D eigenvalue weighted by Gasteiger charge is -2.28. The number of furan rings is 1. The topological polar surface area (TPSA) is 50.5 Å². The van der Waals surface area contributed by atoms with Crippen LogP contribution in [0.4, 0.5) is 0 Å². The summed E-state index contributed by atoms with van der Waals surface area (Å²) in [5.74, 6) is 1.03. The fourth-order valence-corrected chi connectivity index (χ4v) is 4.64. The van der Waals surface area contributed by atoms with Gasteiger partial charge in [-0.05, 0) is 48.2 Å². The summed E-state index contributed by atoms with van der Waals surface area (Å²) in [5, 5.41) is 0. The predicted molar refractivity (Wildman–Crippen MR) is 105 cm³/mol. The molecule has 0 radical (unpaired) electrons. The van der Waals surface area contributed by atoms with Gasteiger partial charge in [0.25, 0.3) is 5.91 Å². The molecule has 2 heterocycles. The smallest absolute Gasteiger partial charge is 0.289 e. The van der Waals surface area contributed by atoms with Crippen LogP contribution in [0.2, 0.25) is 0 Å². The van der Waals surface area contributed by atoms with Gasteiger partial charge in [-0.15, -0.1) is 0 Å². The van der Waals surface area contributed by atoms with Crippen LogP contribution in [-0.2, 0) is 29.5 Å². The number of carbonyl (C=O) groups is 1. The van der Waals surface area contributed by atoms with E-state index in [0.717, 1.165) is 16.9 Å². The second kappa shape index (κ2) is 7.53. The largest absolute Gasteiger partial charge is 0.455 e. The van der Waals surface area contributed by atoms with Crippen molar-refractivity contribution in [3.63, 3.8) is 0 Å². The Hall–Kier alpha value is -2.66. The van der Waals surface area contributed by atoms with Crippen LogP contribution < -0.4 is 0 Å². The summed E-state index contributed by atoms with van der Waals surface area (Å²) < 4.78 is 18.3. The van der Waals surface area contributed by atoms with E-state index in [1.165, 1.54) is 11.1 Å². The number of nitrogens with zero attached hydrogens (tertiary/aromatic N) is 1. The summed E-state index contributed by atoms with van der Waals surface area (Å²) >= 11 is 0. The molecule has 2 aromatic carbocycles. The summed E-state index contributed by atoms with van der Waals surface area (Å²) in [6.45, 7) is 3.22. The Morgan fingerprint density at radius 2 is 1.78 bits per heavy atom. The molecular formula is C22H21NO3S. The van der Waals surface area contributed by atoms with E-state index in [4.69, 9.17) is 4.42 Å². The van der Waals surface area contributed by atoms with E-state index in [0.29, 0.717) is 24.6 Å². The summed E-state index contributed by atoms with van der Waals surface area (Å²) in [6, 6.07) is 19.3. The molecule has 5 heteroatoms. The summed E-state index contributed by atoms with van der Waals surface area (Å²) in [7, 11) is -1.20. The molecule has 0 fully saturated rings. The third-order valence-electron chi connectivity index (χ3n) is 4.90. The molecule has 4 nitrogen and oxygen atoms in total. The number of hydrogen-bond acceptors (Lipinski definition) is 3. The average Bonchev–Trinajstić information content (AvgIpc) is 3.15. The van der Waals surface area contributed by atoms with E-state index < -0.39 is 10.8 Å². The molecule has 1 amide bonds. The number of fused-ring (bicyclic) bond motifs is 1. The lowest BCUT2D eigenvalue weighted by Crippen LogP contribution is -2.35. The van der Waals surface area contributed by atoms with Crippen LogP contribution in [0.5, 0.6) is 0 Å².